The van der Waals surface area contributed by atoms with E-state index < -0.39 is 6.29 Å². The van der Waals surface area contributed by atoms with Crippen LogP contribution in [-0.4, -0.2) is 87.8 Å². The van der Waals surface area contributed by atoms with Gasteiger partial charge in [0, 0.05) is 31.7 Å². The van der Waals surface area contributed by atoms with Gasteiger partial charge in [0.1, 0.15) is 5.75 Å². The molecule has 0 atom stereocenters. The fraction of sp³-hybridized carbons (Fsp3) is 0.594. The third-order valence-electron chi connectivity index (χ3n) is 8.69. The van der Waals surface area contributed by atoms with Gasteiger partial charge in [-0.15, -0.1) is 0 Å². The number of carbonyl (C=O) groups is 1. The van der Waals surface area contributed by atoms with E-state index in [2.05, 4.69) is 42.3 Å². The lowest BCUT2D eigenvalue weighted by Crippen LogP contribution is -2.43. The Morgan fingerprint density at radius 2 is 1.79 bits per heavy atom. The first-order valence-electron chi connectivity index (χ1n) is 14.4. The molecule has 1 amide bonds. The summed E-state index contributed by atoms with van der Waals surface area (Å²) in [5, 5.41) is 11.0. The van der Waals surface area contributed by atoms with Crippen molar-refractivity contribution in [3.63, 3.8) is 0 Å². The molecule has 7 heteroatoms. The lowest BCUT2D eigenvalue weighted by molar-refractivity contribution is -0.148. The first-order chi connectivity index (χ1) is 18.9. The number of benzene rings is 2. The van der Waals surface area contributed by atoms with E-state index in [1.807, 2.05) is 23.1 Å². The van der Waals surface area contributed by atoms with Crippen molar-refractivity contribution >= 4 is 5.91 Å². The maximum absolute atomic E-state index is 13.0. The van der Waals surface area contributed by atoms with Crippen LogP contribution in [0.1, 0.15) is 55.2 Å². The van der Waals surface area contributed by atoms with Gasteiger partial charge < -0.3 is 29.1 Å². The number of amides is 1. The third-order valence-corrected chi connectivity index (χ3v) is 8.69. The molecule has 0 radical (unpaired) electrons. The number of ether oxygens (including phenoxy) is 3. The van der Waals surface area contributed by atoms with Crippen molar-refractivity contribution in [3.05, 3.63) is 65.2 Å². The summed E-state index contributed by atoms with van der Waals surface area (Å²) in [5.41, 5.74) is 3.20. The van der Waals surface area contributed by atoms with E-state index in [4.69, 9.17) is 14.2 Å². The summed E-state index contributed by atoms with van der Waals surface area (Å²) >= 11 is 0. The average molecular weight is 539 g/mol. The number of piperidine rings is 1. The van der Waals surface area contributed by atoms with Gasteiger partial charge in [0.2, 0.25) is 5.91 Å². The van der Waals surface area contributed by atoms with E-state index in [0.29, 0.717) is 37.8 Å². The Hall–Kier alpha value is -2.45. The highest BCUT2D eigenvalue weighted by Crippen LogP contribution is 2.45. The summed E-state index contributed by atoms with van der Waals surface area (Å²) in [7, 11) is 5.37. The largest absolute Gasteiger partial charge is 0.508 e. The number of likely N-dealkylation sites (tertiary alicyclic amines) is 1. The molecule has 214 valence electrons. The molecule has 1 heterocycles. The molecule has 1 aliphatic carbocycles. The van der Waals surface area contributed by atoms with Crippen LogP contribution in [0, 0.1) is 5.92 Å². The molecule has 39 heavy (non-hydrogen) atoms. The van der Waals surface area contributed by atoms with Crippen molar-refractivity contribution in [1.82, 2.24) is 9.80 Å². The number of methoxy groups -OCH3 is 2. The minimum absolute atomic E-state index is 0.0833. The van der Waals surface area contributed by atoms with Gasteiger partial charge in [-0.25, -0.2) is 0 Å². The van der Waals surface area contributed by atoms with Crippen LogP contribution >= 0.6 is 0 Å². The second-order valence-electron chi connectivity index (χ2n) is 11.2. The van der Waals surface area contributed by atoms with E-state index in [0.717, 1.165) is 50.0 Å². The Bertz CT molecular complexity index is 1030. The number of rotatable bonds is 14. The molecule has 1 N–H and O–H groups in total. The standard InChI is InChI=1S/C32H46N2O5/c1-33-18-16-32(17-19-33,27-10-5-4-6-11-27)28-22-25(12-13-29(28)35)14-20-39-21-15-30(36)34(23-26-8-7-9-26)24-31(37-2)38-3/h4-6,10-13,22,26,31,35H,7-9,14-21,23-24H2,1-3H3. The predicted molar refractivity (Wildman–Crippen MR) is 153 cm³/mol. The van der Waals surface area contributed by atoms with Crippen molar-refractivity contribution in [2.75, 3.05) is 60.7 Å². The average Bonchev–Trinajstić information content (AvgIpc) is 2.94. The van der Waals surface area contributed by atoms with E-state index in [1.54, 1.807) is 14.2 Å². The van der Waals surface area contributed by atoms with Crippen molar-refractivity contribution < 1.29 is 24.1 Å². The molecule has 0 unspecified atom stereocenters. The summed E-state index contributed by atoms with van der Waals surface area (Å²) in [6.45, 7) is 4.09. The third kappa shape index (κ3) is 7.60. The zero-order chi connectivity index (χ0) is 27.7. The van der Waals surface area contributed by atoms with Crippen LogP contribution in [0.4, 0.5) is 0 Å². The molecular formula is C32H46N2O5. The minimum Gasteiger partial charge on any atom is -0.508 e. The van der Waals surface area contributed by atoms with Crippen molar-refractivity contribution in [3.8, 4) is 5.75 Å². The summed E-state index contributed by atoms with van der Waals surface area (Å²) in [4.78, 5) is 17.2. The van der Waals surface area contributed by atoms with Crippen LogP contribution in [0.5, 0.6) is 5.75 Å². The van der Waals surface area contributed by atoms with E-state index in [9.17, 15) is 9.90 Å². The maximum atomic E-state index is 13.0. The molecule has 4 rings (SSSR count). The fourth-order valence-electron chi connectivity index (χ4n) is 5.89. The minimum atomic E-state index is -0.414. The van der Waals surface area contributed by atoms with Gasteiger partial charge in [-0.05, 0) is 75.4 Å². The van der Waals surface area contributed by atoms with Crippen LogP contribution in [0.25, 0.3) is 0 Å². The molecule has 0 bridgehead atoms. The van der Waals surface area contributed by atoms with Crippen LogP contribution in [-0.2, 0) is 30.8 Å². The van der Waals surface area contributed by atoms with Gasteiger partial charge in [-0.3, -0.25) is 4.79 Å². The molecule has 1 saturated heterocycles. The van der Waals surface area contributed by atoms with Crippen LogP contribution in [0.15, 0.2) is 48.5 Å². The summed E-state index contributed by atoms with van der Waals surface area (Å²) in [6.07, 6.45) is 6.20. The normalized spacial score (nSPS) is 17.7. The molecule has 1 aliphatic heterocycles. The van der Waals surface area contributed by atoms with Crippen molar-refractivity contribution in [2.45, 2.75) is 56.7 Å². The number of hydrogen-bond donors (Lipinski definition) is 1. The van der Waals surface area contributed by atoms with E-state index >= 15 is 0 Å². The number of hydrogen-bond acceptors (Lipinski definition) is 6. The Morgan fingerprint density at radius 1 is 1.08 bits per heavy atom. The lowest BCUT2D eigenvalue weighted by Gasteiger charge is -2.42. The zero-order valence-electron chi connectivity index (χ0n) is 23.9. The van der Waals surface area contributed by atoms with Crippen LogP contribution < -0.4 is 0 Å². The molecule has 0 aromatic heterocycles. The van der Waals surface area contributed by atoms with Gasteiger partial charge in [-0.1, -0.05) is 48.9 Å². The summed E-state index contributed by atoms with van der Waals surface area (Å²) < 4.78 is 16.6. The smallest absolute Gasteiger partial charge is 0.225 e. The Kier molecular flexibility index (Phi) is 10.8. The molecule has 2 aromatic carbocycles. The second-order valence-corrected chi connectivity index (χ2v) is 11.2. The fourth-order valence-corrected chi connectivity index (χ4v) is 5.89. The number of phenols is 1. The second kappa shape index (κ2) is 14.3. The first kappa shape index (κ1) is 29.5. The van der Waals surface area contributed by atoms with Gasteiger partial charge in [-0.2, -0.15) is 0 Å². The molecule has 2 aromatic rings. The van der Waals surface area contributed by atoms with Crippen LogP contribution in [0.3, 0.4) is 0 Å². The van der Waals surface area contributed by atoms with Gasteiger partial charge in [0.25, 0.3) is 0 Å². The number of nitrogens with zero attached hydrogens (tertiary/aromatic N) is 2. The topological polar surface area (TPSA) is 71.5 Å². The number of phenolic OH excluding ortho intramolecular Hbond substituents is 1. The molecular weight excluding hydrogens is 492 g/mol. The molecule has 7 nitrogen and oxygen atoms in total. The quantitative estimate of drug-likeness (QED) is 0.280. The molecule has 2 fully saturated rings. The van der Waals surface area contributed by atoms with Gasteiger partial charge in [0.15, 0.2) is 6.29 Å². The first-order valence-corrected chi connectivity index (χ1v) is 14.4. The highest BCUT2D eigenvalue weighted by atomic mass is 16.7. The van der Waals surface area contributed by atoms with Crippen molar-refractivity contribution in [2.24, 2.45) is 5.92 Å². The molecule has 2 aliphatic rings. The number of aromatic hydroxyl groups is 1. The summed E-state index contributed by atoms with van der Waals surface area (Å²) in [5.74, 6) is 1.02. The zero-order valence-corrected chi connectivity index (χ0v) is 23.9. The monoisotopic (exact) mass is 538 g/mol. The Balaban J connectivity index is 1.34. The highest BCUT2D eigenvalue weighted by Gasteiger charge is 2.39. The number of carbonyl (C=O) groups excluding carboxylic acids is 1. The van der Waals surface area contributed by atoms with Crippen LogP contribution in [0.2, 0.25) is 0 Å². The van der Waals surface area contributed by atoms with Gasteiger partial charge >= 0.3 is 0 Å². The van der Waals surface area contributed by atoms with Crippen molar-refractivity contribution in [1.29, 1.82) is 0 Å². The van der Waals surface area contributed by atoms with E-state index in [-0.39, 0.29) is 11.3 Å². The maximum Gasteiger partial charge on any atom is 0.225 e. The SMILES string of the molecule is COC(CN(CC1CCC1)C(=O)CCOCCc1ccc(O)c(C2(c3ccccc3)CCN(C)CC2)c1)OC. The molecule has 0 spiro atoms. The van der Waals surface area contributed by atoms with Gasteiger partial charge in [0.05, 0.1) is 26.2 Å². The molecule has 1 saturated carbocycles. The van der Waals surface area contributed by atoms with E-state index in [1.165, 1.54) is 24.8 Å². The Labute approximate surface area is 234 Å². The highest BCUT2D eigenvalue weighted by molar-refractivity contribution is 5.76. The lowest BCUT2D eigenvalue weighted by atomic mass is 9.67. The predicted octanol–water partition coefficient (Wildman–Crippen LogP) is 4.60. The summed E-state index contributed by atoms with van der Waals surface area (Å²) in [6, 6.07) is 16.6. The Morgan fingerprint density at radius 3 is 2.44 bits per heavy atom.